The van der Waals surface area contributed by atoms with E-state index < -0.39 is 0 Å². The number of nitrogens with zero attached hydrogens (tertiary/aromatic N) is 2. The summed E-state index contributed by atoms with van der Waals surface area (Å²) in [4.78, 5) is 15.7. The van der Waals surface area contributed by atoms with Crippen molar-refractivity contribution in [3.05, 3.63) is 34.7 Å². The summed E-state index contributed by atoms with van der Waals surface area (Å²) in [5, 5.41) is 9.07. The van der Waals surface area contributed by atoms with Crippen LogP contribution in [0.2, 0.25) is 5.15 Å². The van der Waals surface area contributed by atoms with Crippen molar-refractivity contribution in [1.29, 1.82) is 0 Å². The van der Waals surface area contributed by atoms with Crippen LogP contribution in [0.15, 0.2) is 18.3 Å². The molecule has 2 aromatic heterocycles. The number of aromatic nitrogens is 3. The van der Waals surface area contributed by atoms with Gasteiger partial charge in [0, 0.05) is 12.3 Å². The Hall–Kier alpha value is -2.08. The average Bonchev–Trinajstić information content (AvgIpc) is 2.70. The lowest BCUT2D eigenvalue weighted by Gasteiger charge is -2.07. The van der Waals surface area contributed by atoms with Gasteiger partial charge in [-0.2, -0.15) is 5.10 Å². The first kappa shape index (κ1) is 11.4. The second-order valence-electron chi connectivity index (χ2n) is 3.45. The van der Waals surface area contributed by atoms with E-state index in [0.29, 0.717) is 5.69 Å². The second-order valence-corrected chi connectivity index (χ2v) is 3.81. The number of aromatic amines is 1. The molecule has 0 radical (unpaired) electrons. The molecule has 0 saturated heterocycles. The lowest BCUT2D eigenvalue weighted by molar-refractivity contribution is 0.102. The van der Waals surface area contributed by atoms with E-state index in [1.54, 1.807) is 12.3 Å². The fraction of sp³-hybridized carbons (Fsp3) is 0.100. The maximum absolute atomic E-state index is 11.8. The van der Waals surface area contributed by atoms with E-state index in [1.807, 2.05) is 6.92 Å². The summed E-state index contributed by atoms with van der Waals surface area (Å²) in [6, 6.07) is 3.19. The SMILES string of the molecule is Cc1ccnc(Cl)c1NC(=O)c1cc(N)n[nH]1. The van der Waals surface area contributed by atoms with Crippen molar-refractivity contribution in [3.63, 3.8) is 0 Å². The van der Waals surface area contributed by atoms with Crippen LogP contribution in [-0.4, -0.2) is 21.1 Å². The molecule has 0 atom stereocenters. The molecule has 2 heterocycles. The summed E-state index contributed by atoms with van der Waals surface area (Å²) < 4.78 is 0. The molecule has 0 spiro atoms. The van der Waals surface area contributed by atoms with Crippen molar-refractivity contribution in [2.45, 2.75) is 6.92 Å². The van der Waals surface area contributed by atoms with Gasteiger partial charge in [0.15, 0.2) is 5.15 Å². The Morgan fingerprint density at radius 2 is 2.35 bits per heavy atom. The van der Waals surface area contributed by atoms with Crippen LogP contribution < -0.4 is 11.1 Å². The zero-order valence-electron chi connectivity index (χ0n) is 8.99. The number of pyridine rings is 1. The highest BCUT2D eigenvalue weighted by Gasteiger charge is 2.12. The Morgan fingerprint density at radius 1 is 1.59 bits per heavy atom. The predicted octanol–water partition coefficient (Wildman–Crippen LogP) is 1.60. The van der Waals surface area contributed by atoms with Crippen LogP contribution in [0.3, 0.4) is 0 Å². The number of nitrogens with two attached hydrogens (primary N) is 1. The maximum Gasteiger partial charge on any atom is 0.273 e. The summed E-state index contributed by atoms with van der Waals surface area (Å²) in [7, 11) is 0. The molecule has 0 unspecified atom stereocenters. The maximum atomic E-state index is 11.8. The Morgan fingerprint density at radius 3 is 2.94 bits per heavy atom. The number of hydrogen-bond acceptors (Lipinski definition) is 4. The molecule has 0 aliphatic rings. The number of anilines is 2. The van der Waals surface area contributed by atoms with Crippen molar-refractivity contribution in [2.75, 3.05) is 11.1 Å². The zero-order valence-corrected chi connectivity index (χ0v) is 9.75. The van der Waals surface area contributed by atoms with E-state index >= 15 is 0 Å². The number of nitrogens with one attached hydrogen (secondary N) is 2. The first-order valence-corrected chi connectivity index (χ1v) is 5.19. The predicted molar refractivity (Wildman–Crippen MR) is 64.9 cm³/mol. The van der Waals surface area contributed by atoms with Gasteiger partial charge in [-0.05, 0) is 18.6 Å². The molecular weight excluding hydrogens is 242 g/mol. The second kappa shape index (κ2) is 4.42. The monoisotopic (exact) mass is 251 g/mol. The normalized spacial score (nSPS) is 10.2. The third-order valence-corrected chi connectivity index (χ3v) is 2.48. The van der Waals surface area contributed by atoms with Crippen molar-refractivity contribution < 1.29 is 4.79 Å². The smallest absolute Gasteiger partial charge is 0.273 e. The first-order valence-electron chi connectivity index (χ1n) is 4.81. The minimum Gasteiger partial charge on any atom is -0.382 e. The van der Waals surface area contributed by atoms with Gasteiger partial charge in [0.2, 0.25) is 0 Å². The number of hydrogen-bond donors (Lipinski definition) is 3. The van der Waals surface area contributed by atoms with Gasteiger partial charge in [0.1, 0.15) is 11.5 Å². The number of halogens is 1. The van der Waals surface area contributed by atoms with Gasteiger partial charge in [-0.1, -0.05) is 11.6 Å². The molecule has 17 heavy (non-hydrogen) atoms. The Kier molecular flexibility index (Phi) is 2.97. The molecule has 0 aliphatic carbocycles. The van der Waals surface area contributed by atoms with Crippen LogP contribution in [-0.2, 0) is 0 Å². The van der Waals surface area contributed by atoms with Gasteiger partial charge in [-0.25, -0.2) is 4.98 Å². The Bertz CT molecular complexity index is 545. The highest BCUT2D eigenvalue weighted by molar-refractivity contribution is 6.32. The molecule has 88 valence electrons. The Balaban J connectivity index is 2.24. The van der Waals surface area contributed by atoms with Gasteiger partial charge in [0.25, 0.3) is 5.91 Å². The number of rotatable bonds is 2. The van der Waals surface area contributed by atoms with E-state index in [9.17, 15) is 4.79 Å². The van der Waals surface area contributed by atoms with Crippen molar-refractivity contribution in [3.8, 4) is 0 Å². The number of amides is 1. The lowest BCUT2D eigenvalue weighted by Crippen LogP contribution is -2.14. The molecule has 1 amide bonds. The molecule has 0 bridgehead atoms. The molecule has 4 N–H and O–H groups in total. The largest absolute Gasteiger partial charge is 0.382 e. The van der Waals surface area contributed by atoms with E-state index in [1.165, 1.54) is 6.07 Å². The molecule has 6 nitrogen and oxygen atoms in total. The molecule has 2 rings (SSSR count). The van der Waals surface area contributed by atoms with E-state index in [2.05, 4.69) is 20.5 Å². The molecular formula is C10H10ClN5O. The first-order chi connectivity index (χ1) is 8.08. The van der Waals surface area contributed by atoms with Gasteiger partial charge < -0.3 is 11.1 Å². The van der Waals surface area contributed by atoms with Crippen LogP contribution in [0.4, 0.5) is 11.5 Å². The van der Waals surface area contributed by atoms with Crippen molar-refractivity contribution in [2.24, 2.45) is 0 Å². The Labute approximate surface area is 102 Å². The summed E-state index contributed by atoms with van der Waals surface area (Å²) in [6.07, 6.45) is 1.57. The molecule has 0 saturated carbocycles. The molecule has 0 aromatic carbocycles. The molecule has 7 heteroatoms. The fourth-order valence-electron chi connectivity index (χ4n) is 1.31. The summed E-state index contributed by atoms with van der Waals surface area (Å²) >= 11 is 5.89. The van der Waals surface area contributed by atoms with Gasteiger partial charge in [-0.3, -0.25) is 9.89 Å². The highest BCUT2D eigenvalue weighted by atomic mass is 35.5. The van der Waals surface area contributed by atoms with Gasteiger partial charge in [0.05, 0.1) is 5.69 Å². The third kappa shape index (κ3) is 2.36. The van der Waals surface area contributed by atoms with Crippen LogP contribution in [0.1, 0.15) is 16.1 Å². The van der Waals surface area contributed by atoms with E-state index in [4.69, 9.17) is 17.3 Å². The molecule has 0 aliphatic heterocycles. The van der Waals surface area contributed by atoms with Crippen LogP contribution in [0, 0.1) is 6.92 Å². The summed E-state index contributed by atoms with van der Waals surface area (Å²) in [6.45, 7) is 1.82. The van der Waals surface area contributed by atoms with Crippen LogP contribution >= 0.6 is 11.6 Å². The van der Waals surface area contributed by atoms with Crippen LogP contribution in [0.5, 0.6) is 0 Å². The highest BCUT2D eigenvalue weighted by Crippen LogP contribution is 2.23. The average molecular weight is 252 g/mol. The van der Waals surface area contributed by atoms with Gasteiger partial charge >= 0.3 is 0 Å². The van der Waals surface area contributed by atoms with Gasteiger partial charge in [-0.15, -0.1) is 0 Å². The van der Waals surface area contributed by atoms with E-state index in [0.717, 1.165) is 5.56 Å². The number of aryl methyl sites for hydroxylation is 1. The molecule has 0 fully saturated rings. The zero-order chi connectivity index (χ0) is 12.4. The molecule has 2 aromatic rings. The number of carbonyl (C=O) groups excluding carboxylic acids is 1. The quantitative estimate of drug-likeness (QED) is 0.706. The number of H-pyrrole nitrogens is 1. The summed E-state index contributed by atoms with van der Waals surface area (Å²) in [5.74, 6) is -0.114. The fourth-order valence-corrected chi connectivity index (χ4v) is 1.56. The lowest BCUT2D eigenvalue weighted by atomic mass is 10.2. The van der Waals surface area contributed by atoms with Crippen molar-refractivity contribution >= 4 is 29.0 Å². The third-order valence-electron chi connectivity index (χ3n) is 2.19. The number of carbonyl (C=O) groups is 1. The number of nitrogen functional groups attached to an aromatic ring is 1. The minimum atomic E-state index is -0.368. The standard InChI is InChI=1S/C10H10ClN5O/c1-5-2-3-13-9(11)8(5)14-10(17)6-4-7(12)16-15-6/h2-4H,1H3,(H,14,17)(H3,12,15,16). The summed E-state index contributed by atoms with van der Waals surface area (Å²) in [5.41, 5.74) is 6.98. The topological polar surface area (TPSA) is 96.7 Å². The minimum absolute atomic E-state index is 0.242. The van der Waals surface area contributed by atoms with E-state index in [-0.39, 0.29) is 22.6 Å². The van der Waals surface area contributed by atoms with Crippen molar-refractivity contribution in [1.82, 2.24) is 15.2 Å². The van der Waals surface area contributed by atoms with Crippen LogP contribution in [0.25, 0.3) is 0 Å².